The van der Waals surface area contributed by atoms with Crippen LogP contribution in [-0.2, 0) is 25.7 Å². The summed E-state index contributed by atoms with van der Waals surface area (Å²) in [6.45, 7) is 8.31. The normalized spacial score (nSPS) is 19.0. The van der Waals surface area contributed by atoms with Gasteiger partial charge in [-0.15, -0.1) is 0 Å². The number of hydrogen-bond acceptors (Lipinski definition) is 11. The lowest BCUT2D eigenvalue weighted by molar-refractivity contribution is -0.134. The molecule has 3 N–H and O–H groups in total. The van der Waals surface area contributed by atoms with E-state index in [-0.39, 0.29) is 18.7 Å². The number of hydrogen-bond donors (Lipinski definition) is 3. The molecular formula is C29H35N5O8. The second-order valence-electron chi connectivity index (χ2n) is 9.84. The fourth-order valence-corrected chi connectivity index (χ4v) is 4.76. The number of carboxylic acids is 2. The fraction of sp³-hybridized carbons (Fsp3) is 0.414. The Labute approximate surface area is 243 Å². The second kappa shape index (κ2) is 14.0. The number of rotatable bonds is 7. The first-order valence-corrected chi connectivity index (χ1v) is 13.5. The molecule has 4 heterocycles. The van der Waals surface area contributed by atoms with Crippen molar-refractivity contribution >= 4 is 34.7 Å². The Bertz CT molecular complexity index is 1430. The van der Waals surface area contributed by atoms with Crippen molar-refractivity contribution in [3.8, 4) is 17.0 Å². The molecule has 2 aliphatic heterocycles. The van der Waals surface area contributed by atoms with Crippen molar-refractivity contribution in [1.82, 2.24) is 15.0 Å². The second-order valence-corrected chi connectivity index (χ2v) is 9.84. The molecule has 3 aromatic rings. The van der Waals surface area contributed by atoms with Crippen LogP contribution in [0.1, 0.15) is 19.4 Å². The molecule has 2 saturated heterocycles. The third-order valence-corrected chi connectivity index (χ3v) is 6.91. The van der Waals surface area contributed by atoms with E-state index in [1.54, 1.807) is 7.11 Å². The van der Waals surface area contributed by atoms with E-state index in [0.717, 1.165) is 41.1 Å². The molecule has 224 valence electrons. The Morgan fingerprint density at radius 2 is 1.60 bits per heavy atom. The molecule has 0 radical (unpaired) electrons. The number of carbonyl (C=O) groups is 2. The number of methoxy groups -OCH3 is 1. The average molecular weight is 582 g/mol. The Balaban J connectivity index is 0.000000446. The zero-order valence-electron chi connectivity index (χ0n) is 23.8. The van der Waals surface area contributed by atoms with E-state index in [9.17, 15) is 14.7 Å². The van der Waals surface area contributed by atoms with Crippen LogP contribution < -0.4 is 14.5 Å². The smallest absolute Gasteiger partial charge is 0.328 e. The van der Waals surface area contributed by atoms with Crippen molar-refractivity contribution in [2.45, 2.75) is 32.5 Å². The maximum Gasteiger partial charge on any atom is 0.328 e. The highest BCUT2D eigenvalue weighted by molar-refractivity contribution is 5.90. The minimum atomic E-state index is -1.26. The molecule has 0 unspecified atom stereocenters. The number of aliphatic carboxylic acids is 2. The van der Waals surface area contributed by atoms with Gasteiger partial charge in [0.25, 0.3) is 0 Å². The van der Waals surface area contributed by atoms with Gasteiger partial charge in [0, 0.05) is 36.4 Å². The number of pyridine rings is 1. The Morgan fingerprint density at radius 1 is 0.952 bits per heavy atom. The number of carboxylic acid groups (broad SMARTS) is 2. The number of benzene rings is 1. The van der Waals surface area contributed by atoms with E-state index in [1.165, 1.54) is 0 Å². The van der Waals surface area contributed by atoms with Crippen molar-refractivity contribution in [2.24, 2.45) is 0 Å². The molecule has 13 nitrogen and oxygen atoms in total. The third kappa shape index (κ3) is 7.29. The highest BCUT2D eigenvalue weighted by atomic mass is 16.5. The molecule has 1 aromatic carbocycles. The van der Waals surface area contributed by atoms with Crippen LogP contribution in [0.15, 0.2) is 42.5 Å². The van der Waals surface area contributed by atoms with E-state index in [4.69, 9.17) is 39.4 Å². The SMILES string of the molecule is COc1ccc(-c2ccc3c(N4CCOC[C@@H]4C)nc(N4CCOC[C@@H]4C)nc3n2)cc1CO.O=C(O)/C=C/C(=O)O. The van der Waals surface area contributed by atoms with Crippen LogP contribution in [0, 0.1) is 0 Å². The largest absolute Gasteiger partial charge is 0.496 e. The van der Waals surface area contributed by atoms with E-state index in [1.807, 2.05) is 30.3 Å². The van der Waals surface area contributed by atoms with Gasteiger partial charge in [-0.3, -0.25) is 0 Å². The van der Waals surface area contributed by atoms with Crippen LogP contribution in [0.4, 0.5) is 11.8 Å². The van der Waals surface area contributed by atoms with E-state index < -0.39 is 11.9 Å². The van der Waals surface area contributed by atoms with Gasteiger partial charge in [-0.25, -0.2) is 14.6 Å². The van der Waals surface area contributed by atoms with Crippen LogP contribution in [-0.4, -0.2) is 101 Å². The van der Waals surface area contributed by atoms with Gasteiger partial charge >= 0.3 is 11.9 Å². The molecule has 0 bridgehead atoms. The van der Waals surface area contributed by atoms with Crippen molar-refractivity contribution < 1.29 is 39.1 Å². The number of aliphatic hydroxyl groups is 1. The molecule has 42 heavy (non-hydrogen) atoms. The van der Waals surface area contributed by atoms with Gasteiger partial charge in [0.2, 0.25) is 5.95 Å². The number of fused-ring (bicyclic) bond motifs is 1. The molecule has 0 amide bonds. The summed E-state index contributed by atoms with van der Waals surface area (Å²) in [6, 6.07) is 10.1. The molecule has 2 aliphatic rings. The van der Waals surface area contributed by atoms with Crippen LogP contribution >= 0.6 is 0 Å². The molecule has 2 aromatic heterocycles. The minimum absolute atomic E-state index is 0.106. The molecule has 5 rings (SSSR count). The Morgan fingerprint density at radius 3 is 2.17 bits per heavy atom. The maximum atomic E-state index is 9.75. The van der Waals surface area contributed by atoms with Crippen molar-refractivity contribution in [1.29, 1.82) is 0 Å². The number of nitrogens with zero attached hydrogens (tertiary/aromatic N) is 5. The summed E-state index contributed by atoms with van der Waals surface area (Å²) >= 11 is 0. The molecule has 0 aliphatic carbocycles. The van der Waals surface area contributed by atoms with Crippen molar-refractivity contribution in [3.05, 3.63) is 48.0 Å². The van der Waals surface area contributed by atoms with Crippen LogP contribution in [0.3, 0.4) is 0 Å². The summed E-state index contributed by atoms with van der Waals surface area (Å²) in [6.07, 6.45) is 1.12. The van der Waals surface area contributed by atoms with Gasteiger partial charge in [-0.05, 0) is 44.2 Å². The quantitative estimate of drug-likeness (QED) is 0.348. The lowest BCUT2D eigenvalue weighted by Crippen LogP contribution is -2.46. The summed E-state index contributed by atoms with van der Waals surface area (Å²) in [5.74, 6) is -0.298. The number of anilines is 2. The molecule has 13 heteroatoms. The highest BCUT2D eigenvalue weighted by Gasteiger charge is 2.27. The van der Waals surface area contributed by atoms with E-state index in [2.05, 4.69) is 23.6 Å². The topological polar surface area (TPSA) is 168 Å². The number of ether oxygens (including phenoxy) is 3. The zero-order valence-corrected chi connectivity index (χ0v) is 23.8. The molecular weight excluding hydrogens is 546 g/mol. The lowest BCUT2D eigenvalue weighted by atomic mass is 10.1. The van der Waals surface area contributed by atoms with E-state index in [0.29, 0.717) is 55.9 Å². The van der Waals surface area contributed by atoms with Gasteiger partial charge in [0.1, 0.15) is 11.6 Å². The first kappa shape index (κ1) is 30.6. The van der Waals surface area contributed by atoms with Gasteiger partial charge in [-0.2, -0.15) is 9.97 Å². The highest BCUT2D eigenvalue weighted by Crippen LogP contribution is 2.32. The molecule has 0 saturated carbocycles. The zero-order chi connectivity index (χ0) is 30.2. The summed E-state index contributed by atoms with van der Waals surface area (Å²) < 4.78 is 16.7. The van der Waals surface area contributed by atoms with Crippen LogP contribution in [0.5, 0.6) is 5.75 Å². The number of morpholine rings is 2. The third-order valence-electron chi connectivity index (χ3n) is 6.91. The predicted octanol–water partition coefficient (Wildman–Crippen LogP) is 2.35. The first-order chi connectivity index (χ1) is 20.2. The minimum Gasteiger partial charge on any atom is -0.496 e. The average Bonchev–Trinajstić information content (AvgIpc) is 2.99. The van der Waals surface area contributed by atoms with Gasteiger partial charge in [0.15, 0.2) is 5.65 Å². The standard InChI is InChI=1S/C25H31N5O4.C4H4O4/c1-16-14-33-10-8-29(16)24-20-5-6-21(18-4-7-22(32-3)19(12-18)13-31)26-23(20)27-25(28-24)30-9-11-34-15-17(30)2;5-3(6)1-2-4(7)8/h4-7,12,16-17,31H,8-11,13-15H2,1-3H3;1-2H,(H,5,6)(H,7,8)/b;2-1+/t16-,17-;/m0./s1. The van der Waals surface area contributed by atoms with Gasteiger partial charge in [-0.1, -0.05) is 0 Å². The van der Waals surface area contributed by atoms with E-state index >= 15 is 0 Å². The Kier molecular flexibility index (Phi) is 10.2. The maximum absolute atomic E-state index is 9.75. The molecule has 2 atom stereocenters. The van der Waals surface area contributed by atoms with Gasteiger partial charge in [0.05, 0.1) is 63.3 Å². The summed E-state index contributed by atoms with van der Waals surface area (Å²) in [5, 5.41) is 26.3. The lowest BCUT2D eigenvalue weighted by Gasteiger charge is -2.37. The predicted molar refractivity (Wildman–Crippen MR) is 155 cm³/mol. The monoisotopic (exact) mass is 581 g/mol. The van der Waals surface area contributed by atoms with Crippen molar-refractivity contribution in [3.63, 3.8) is 0 Å². The first-order valence-electron chi connectivity index (χ1n) is 13.5. The van der Waals surface area contributed by atoms with Gasteiger partial charge < -0.3 is 39.3 Å². The number of aromatic nitrogens is 3. The molecule has 2 fully saturated rings. The number of aliphatic hydroxyl groups excluding tert-OH is 1. The summed E-state index contributed by atoms with van der Waals surface area (Å²) in [5.41, 5.74) is 3.05. The summed E-state index contributed by atoms with van der Waals surface area (Å²) in [7, 11) is 1.60. The van der Waals surface area contributed by atoms with Crippen molar-refractivity contribution in [2.75, 3.05) is 56.4 Å². The Hall–Kier alpha value is -4.33. The fourth-order valence-electron chi connectivity index (χ4n) is 4.76. The summed E-state index contributed by atoms with van der Waals surface area (Å²) in [4.78, 5) is 38.5. The van der Waals surface area contributed by atoms with Crippen LogP contribution in [0.2, 0.25) is 0 Å². The van der Waals surface area contributed by atoms with Crippen LogP contribution in [0.25, 0.3) is 22.3 Å². The molecule has 0 spiro atoms.